The third-order valence-corrected chi connectivity index (χ3v) is 4.38. The SMILES string of the molecule is CCOC(=O)CCCCC(C)(C)C(=O)C1CCCCC1. The minimum Gasteiger partial charge on any atom is -0.466 e. The van der Waals surface area contributed by atoms with Crippen LogP contribution in [0.4, 0.5) is 0 Å². The monoisotopic (exact) mass is 282 g/mol. The molecule has 1 aliphatic rings. The van der Waals surface area contributed by atoms with E-state index in [9.17, 15) is 9.59 Å². The molecule has 0 aromatic carbocycles. The molecular weight excluding hydrogens is 252 g/mol. The molecule has 0 unspecified atom stereocenters. The molecule has 0 amide bonds. The zero-order valence-electron chi connectivity index (χ0n) is 13.4. The molecule has 1 saturated carbocycles. The molecule has 20 heavy (non-hydrogen) atoms. The standard InChI is InChI=1S/C17H30O3/c1-4-20-15(18)12-8-9-13-17(2,3)16(19)14-10-6-5-7-11-14/h14H,4-13H2,1-3H3. The molecule has 116 valence electrons. The maximum atomic E-state index is 12.6. The van der Waals surface area contributed by atoms with Gasteiger partial charge in [-0.25, -0.2) is 0 Å². The number of Topliss-reactive ketones (excluding diaryl/α,β-unsaturated/α-hetero) is 1. The number of esters is 1. The average Bonchev–Trinajstić information content (AvgIpc) is 2.44. The summed E-state index contributed by atoms with van der Waals surface area (Å²) in [5, 5.41) is 0. The lowest BCUT2D eigenvalue weighted by Gasteiger charge is -2.30. The molecule has 0 atom stereocenters. The Morgan fingerprint density at radius 2 is 1.75 bits per heavy atom. The van der Waals surface area contributed by atoms with Gasteiger partial charge in [0.05, 0.1) is 6.61 Å². The predicted octanol–water partition coefficient (Wildman–Crippen LogP) is 4.29. The van der Waals surface area contributed by atoms with E-state index in [1.54, 1.807) is 0 Å². The van der Waals surface area contributed by atoms with E-state index in [4.69, 9.17) is 4.74 Å². The molecule has 0 bridgehead atoms. The fourth-order valence-corrected chi connectivity index (χ4v) is 3.11. The summed E-state index contributed by atoms with van der Waals surface area (Å²) in [4.78, 5) is 23.8. The van der Waals surface area contributed by atoms with Crippen molar-refractivity contribution in [3.63, 3.8) is 0 Å². The van der Waals surface area contributed by atoms with Crippen LogP contribution in [0.2, 0.25) is 0 Å². The van der Waals surface area contributed by atoms with Crippen LogP contribution >= 0.6 is 0 Å². The summed E-state index contributed by atoms with van der Waals surface area (Å²) in [7, 11) is 0. The van der Waals surface area contributed by atoms with Crippen LogP contribution in [0, 0.1) is 11.3 Å². The maximum Gasteiger partial charge on any atom is 0.305 e. The van der Waals surface area contributed by atoms with Gasteiger partial charge in [-0.15, -0.1) is 0 Å². The van der Waals surface area contributed by atoms with Crippen molar-refractivity contribution in [1.29, 1.82) is 0 Å². The summed E-state index contributed by atoms with van der Waals surface area (Å²) in [6.45, 7) is 6.40. The fourth-order valence-electron chi connectivity index (χ4n) is 3.11. The van der Waals surface area contributed by atoms with Gasteiger partial charge in [-0.05, 0) is 32.6 Å². The zero-order chi connectivity index (χ0) is 15.0. The molecule has 0 heterocycles. The minimum atomic E-state index is -0.239. The van der Waals surface area contributed by atoms with Crippen LogP contribution in [0.25, 0.3) is 0 Å². The third-order valence-electron chi connectivity index (χ3n) is 4.38. The quantitative estimate of drug-likeness (QED) is 0.493. The number of ether oxygens (including phenoxy) is 1. The van der Waals surface area contributed by atoms with Crippen LogP contribution in [-0.4, -0.2) is 18.4 Å². The normalized spacial score (nSPS) is 16.9. The highest BCUT2D eigenvalue weighted by Crippen LogP contribution is 2.34. The molecule has 1 rings (SSSR count). The van der Waals surface area contributed by atoms with E-state index in [0.717, 1.165) is 32.1 Å². The van der Waals surface area contributed by atoms with Crippen LogP contribution in [0.5, 0.6) is 0 Å². The minimum absolute atomic E-state index is 0.121. The summed E-state index contributed by atoms with van der Waals surface area (Å²) in [5.41, 5.74) is -0.239. The summed E-state index contributed by atoms with van der Waals surface area (Å²) < 4.78 is 4.91. The summed E-state index contributed by atoms with van der Waals surface area (Å²) in [6.07, 6.45) is 8.93. The molecule has 0 spiro atoms. The summed E-state index contributed by atoms with van der Waals surface area (Å²) in [5.74, 6) is 0.598. The van der Waals surface area contributed by atoms with E-state index in [1.807, 2.05) is 6.92 Å². The predicted molar refractivity (Wildman–Crippen MR) is 80.5 cm³/mol. The Morgan fingerprint density at radius 3 is 2.35 bits per heavy atom. The summed E-state index contributed by atoms with van der Waals surface area (Å²) >= 11 is 0. The molecule has 0 aromatic heterocycles. The molecule has 3 nitrogen and oxygen atoms in total. The Labute approximate surface area is 123 Å². The second-order valence-corrected chi connectivity index (χ2v) is 6.60. The number of unbranched alkanes of at least 4 members (excludes halogenated alkanes) is 1. The number of hydrogen-bond acceptors (Lipinski definition) is 3. The maximum absolute atomic E-state index is 12.6. The smallest absolute Gasteiger partial charge is 0.305 e. The van der Waals surface area contributed by atoms with Gasteiger partial charge in [-0.2, -0.15) is 0 Å². The zero-order valence-corrected chi connectivity index (χ0v) is 13.4. The van der Waals surface area contributed by atoms with Crippen LogP contribution in [0.1, 0.15) is 78.6 Å². The Bertz CT molecular complexity index is 314. The van der Waals surface area contributed by atoms with Crippen molar-refractivity contribution in [2.45, 2.75) is 78.6 Å². The van der Waals surface area contributed by atoms with Crippen molar-refractivity contribution in [2.75, 3.05) is 6.61 Å². The van der Waals surface area contributed by atoms with E-state index < -0.39 is 0 Å². The van der Waals surface area contributed by atoms with Crippen molar-refractivity contribution >= 4 is 11.8 Å². The van der Waals surface area contributed by atoms with Gasteiger partial charge in [0.1, 0.15) is 5.78 Å². The molecule has 0 radical (unpaired) electrons. The highest BCUT2D eigenvalue weighted by Gasteiger charge is 2.33. The lowest BCUT2D eigenvalue weighted by molar-refractivity contribution is -0.143. The van der Waals surface area contributed by atoms with Crippen molar-refractivity contribution in [1.82, 2.24) is 0 Å². The van der Waals surface area contributed by atoms with Crippen molar-refractivity contribution in [2.24, 2.45) is 11.3 Å². The largest absolute Gasteiger partial charge is 0.466 e. The van der Waals surface area contributed by atoms with Crippen LogP contribution in [-0.2, 0) is 14.3 Å². The van der Waals surface area contributed by atoms with Gasteiger partial charge in [0, 0.05) is 17.8 Å². The summed E-state index contributed by atoms with van der Waals surface area (Å²) in [6, 6.07) is 0. The highest BCUT2D eigenvalue weighted by molar-refractivity contribution is 5.86. The molecule has 1 fully saturated rings. The highest BCUT2D eigenvalue weighted by atomic mass is 16.5. The van der Waals surface area contributed by atoms with Gasteiger partial charge >= 0.3 is 5.97 Å². The van der Waals surface area contributed by atoms with Crippen molar-refractivity contribution in [3.8, 4) is 0 Å². The van der Waals surface area contributed by atoms with Crippen LogP contribution in [0.3, 0.4) is 0 Å². The second kappa shape index (κ2) is 8.43. The average molecular weight is 282 g/mol. The first kappa shape index (κ1) is 17.2. The molecular formula is C17H30O3. The molecule has 0 aliphatic heterocycles. The second-order valence-electron chi connectivity index (χ2n) is 6.60. The van der Waals surface area contributed by atoms with E-state index in [2.05, 4.69) is 13.8 Å². The van der Waals surface area contributed by atoms with E-state index in [0.29, 0.717) is 18.8 Å². The fraction of sp³-hybridized carbons (Fsp3) is 0.882. The lowest BCUT2D eigenvalue weighted by Crippen LogP contribution is -2.32. The number of hydrogen-bond donors (Lipinski definition) is 0. The van der Waals surface area contributed by atoms with Gasteiger partial charge in [0.2, 0.25) is 0 Å². The Balaban J connectivity index is 2.29. The topological polar surface area (TPSA) is 43.4 Å². The number of rotatable bonds is 8. The molecule has 0 N–H and O–H groups in total. The number of ketones is 1. The first-order valence-corrected chi connectivity index (χ1v) is 8.17. The van der Waals surface area contributed by atoms with Crippen molar-refractivity contribution in [3.05, 3.63) is 0 Å². The Morgan fingerprint density at radius 1 is 1.10 bits per heavy atom. The first-order chi connectivity index (χ1) is 9.47. The Hall–Kier alpha value is -0.860. The molecule has 3 heteroatoms. The number of carbonyl (C=O) groups excluding carboxylic acids is 2. The molecule has 1 aliphatic carbocycles. The molecule has 0 aromatic rings. The van der Waals surface area contributed by atoms with Gasteiger partial charge in [-0.3, -0.25) is 9.59 Å². The van der Waals surface area contributed by atoms with E-state index >= 15 is 0 Å². The van der Waals surface area contributed by atoms with Gasteiger partial charge in [-0.1, -0.05) is 39.5 Å². The van der Waals surface area contributed by atoms with Crippen molar-refractivity contribution < 1.29 is 14.3 Å². The van der Waals surface area contributed by atoms with E-state index in [1.165, 1.54) is 19.3 Å². The van der Waals surface area contributed by atoms with Gasteiger partial charge in [0.15, 0.2) is 0 Å². The first-order valence-electron chi connectivity index (χ1n) is 8.17. The number of carbonyl (C=O) groups is 2. The van der Waals surface area contributed by atoms with Crippen LogP contribution < -0.4 is 0 Å². The van der Waals surface area contributed by atoms with Crippen LogP contribution in [0.15, 0.2) is 0 Å². The lowest BCUT2D eigenvalue weighted by atomic mass is 9.73. The third kappa shape index (κ3) is 5.64. The van der Waals surface area contributed by atoms with Gasteiger partial charge < -0.3 is 4.74 Å². The Kier molecular flexibility index (Phi) is 7.25. The van der Waals surface area contributed by atoms with E-state index in [-0.39, 0.29) is 17.3 Å². The molecule has 0 saturated heterocycles. The van der Waals surface area contributed by atoms with Gasteiger partial charge in [0.25, 0.3) is 0 Å².